The molecule has 0 atom stereocenters. The molecule has 5 heteroatoms. The lowest BCUT2D eigenvalue weighted by Gasteiger charge is -2.34. The smallest absolute Gasteiger partial charge is 0.193 e. The van der Waals surface area contributed by atoms with E-state index >= 15 is 0 Å². The van der Waals surface area contributed by atoms with Crippen LogP contribution in [0.25, 0.3) is 0 Å². The summed E-state index contributed by atoms with van der Waals surface area (Å²) in [6, 6.07) is 7.39. The monoisotopic (exact) mass is 319 g/mol. The average molecular weight is 319 g/mol. The topological polar surface area (TPSA) is 57.1 Å². The maximum atomic E-state index is 9.51. The largest absolute Gasteiger partial charge is 0.508 e. The highest BCUT2D eigenvalue weighted by Crippen LogP contribution is 2.14. The van der Waals surface area contributed by atoms with Crippen LogP contribution in [0.4, 0.5) is 0 Å². The number of piperidine rings is 1. The molecule has 0 radical (unpaired) electrons. The lowest BCUT2D eigenvalue weighted by Crippen LogP contribution is -2.47. The highest BCUT2D eigenvalue weighted by molar-refractivity contribution is 5.80. The first-order chi connectivity index (χ1) is 11.2. The van der Waals surface area contributed by atoms with Crippen LogP contribution in [0.1, 0.15) is 32.3 Å². The number of nitrogens with one attached hydrogen (secondary N) is 1. The van der Waals surface area contributed by atoms with Crippen LogP contribution < -0.4 is 5.32 Å². The lowest BCUT2D eigenvalue weighted by atomic mass is 10.1. The van der Waals surface area contributed by atoms with Crippen LogP contribution in [-0.4, -0.2) is 54.9 Å². The highest BCUT2D eigenvalue weighted by Gasteiger charge is 2.21. The van der Waals surface area contributed by atoms with Crippen molar-refractivity contribution in [2.24, 2.45) is 4.99 Å². The van der Waals surface area contributed by atoms with E-state index in [1.807, 2.05) is 12.1 Å². The Morgan fingerprint density at radius 1 is 1.35 bits per heavy atom. The van der Waals surface area contributed by atoms with Crippen molar-refractivity contribution in [2.45, 2.75) is 39.2 Å². The van der Waals surface area contributed by atoms with E-state index in [9.17, 15) is 5.11 Å². The zero-order valence-electron chi connectivity index (χ0n) is 14.3. The van der Waals surface area contributed by atoms with Gasteiger partial charge in [0.1, 0.15) is 5.75 Å². The van der Waals surface area contributed by atoms with Crippen LogP contribution in [-0.2, 0) is 11.2 Å². The number of phenols is 1. The van der Waals surface area contributed by atoms with Crippen LogP contribution >= 0.6 is 0 Å². The summed E-state index contributed by atoms with van der Waals surface area (Å²) < 4.78 is 5.71. The van der Waals surface area contributed by atoms with Crippen molar-refractivity contribution in [3.63, 3.8) is 0 Å². The Morgan fingerprint density at radius 2 is 2.13 bits per heavy atom. The SMILES string of the molecule is CCNC(=NCCc1cccc(O)c1)N1CCC(OCC)CC1. The van der Waals surface area contributed by atoms with Crippen molar-refractivity contribution in [3.05, 3.63) is 29.8 Å². The molecular formula is C18H29N3O2. The van der Waals surface area contributed by atoms with Crippen LogP contribution in [0.3, 0.4) is 0 Å². The second-order valence-electron chi connectivity index (χ2n) is 5.80. The molecule has 0 spiro atoms. The first kappa shape index (κ1) is 17.6. The minimum atomic E-state index is 0.316. The minimum absolute atomic E-state index is 0.316. The number of guanidine groups is 1. The van der Waals surface area contributed by atoms with Crippen molar-refractivity contribution in [1.29, 1.82) is 0 Å². The lowest BCUT2D eigenvalue weighted by molar-refractivity contribution is 0.0264. The normalized spacial score (nSPS) is 16.6. The summed E-state index contributed by atoms with van der Waals surface area (Å²) in [6.07, 6.45) is 3.35. The Morgan fingerprint density at radius 3 is 2.78 bits per heavy atom. The first-order valence-corrected chi connectivity index (χ1v) is 8.65. The highest BCUT2D eigenvalue weighted by atomic mass is 16.5. The molecule has 23 heavy (non-hydrogen) atoms. The minimum Gasteiger partial charge on any atom is -0.508 e. The quantitative estimate of drug-likeness (QED) is 0.624. The Balaban J connectivity index is 1.87. The molecule has 0 saturated carbocycles. The summed E-state index contributed by atoms with van der Waals surface area (Å²) in [5.74, 6) is 1.30. The number of benzene rings is 1. The number of ether oxygens (including phenoxy) is 1. The van der Waals surface area contributed by atoms with E-state index in [-0.39, 0.29) is 0 Å². The molecule has 0 amide bonds. The van der Waals surface area contributed by atoms with Gasteiger partial charge in [-0.15, -0.1) is 0 Å². The summed E-state index contributed by atoms with van der Waals surface area (Å²) >= 11 is 0. The van der Waals surface area contributed by atoms with Crippen molar-refractivity contribution < 1.29 is 9.84 Å². The van der Waals surface area contributed by atoms with Gasteiger partial charge in [0.25, 0.3) is 0 Å². The van der Waals surface area contributed by atoms with Crippen LogP contribution in [0, 0.1) is 0 Å². The predicted molar refractivity (Wildman–Crippen MR) is 94.0 cm³/mol. The fraction of sp³-hybridized carbons (Fsp3) is 0.611. The van der Waals surface area contributed by atoms with E-state index in [4.69, 9.17) is 9.73 Å². The molecular weight excluding hydrogens is 290 g/mol. The van der Waals surface area contributed by atoms with E-state index in [0.29, 0.717) is 11.9 Å². The van der Waals surface area contributed by atoms with Crippen LogP contribution in [0.5, 0.6) is 5.75 Å². The third-order valence-electron chi connectivity index (χ3n) is 4.05. The van der Waals surface area contributed by atoms with Gasteiger partial charge in [0.05, 0.1) is 6.10 Å². The van der Waals surface area contributed by atoms with Gasteiger partial charge in [0, 0.05) is 32.8 Å². The Hall–Kier alpha value is -1.75. The number of likely N-dealkylation sites (tertiary alicyclic amines) is 1. The van der Waals surface area contributed by atoms with Gasteiger partial charge in [-0.3, -0.25) is 4.99 Å². The molecule has 1 aliphatic heterocycles. The Bertz CT molecular complexity index is 497. The Labute approximate surface area is 139 Å². The maximum Gasteiger partial charge on any atom is 0.193 e. The number of aromatic hydroxyl groups is 1. The van der Waals surface area contributed by atoms with E-state index in [1.54, 1.807) is 12.1 Å². The van der Waals surface area contributed by atoms with Gasteiger partial charge in [-0.25, -0.2) is 0 Å². The van der Waals surface area contributed by atoms with Crippen molar-refractivity contribution >= 4 is 5.96 Å². The molecule has 5 nitrogen and oxygen atoms in total. The molecule has 0 unspecified atom stereocenters. The fourth-order valence-electron chi connectivity index (χ4n) is 2.90. The molecule has 1 saturated heterocycles. The molecule has 0 bridgehead atoms. The molecule has 0 aromatic heterocycles. The van der Waals surface area contributed by atoms with Gasteiger partial charge >= 0.3 is 0 Å². The van der Waals surface area contributed by atoms with E-state index in [2.05, 4.69) is 24.1 Å². The zero-order valence-corrected chi connectivity index (χ0v) is 14.3. The van der Waals surface area contributed by atoms with E-state index in [0.717, 1.165) is 63.6 Å². The van der Waals surface area contributed by atoms with Gasteiger partial charge in [-0.05, 0) is 50.8 Å². The third-order valence-corrected chi connectivity index (χ3v) is 4.05. The molecule has 1 aromatic rings. The van der Waals surface area contributed by atoms with Crippen molar-refractivity contribution in [2.75, 3.05) is 32.8 Å². The molecule has 2 rings (SSSR count). The maximum absolute atomic E-state index is 9.51. The van der Waals surface area contributed by atoms with Gasteiger partial charge in [-0.2, -0.15) is 0 Å². The number of phenolic OH excluding ortho intramolecular Hbond substituents is 1. The second kappa shape index (κ2) is 9.40. The average Bonchev–Trinajstić information content (AvgIpc) is 2.55. The van der Waals surface area contributed by atoms with Crippen LogP contribution in [0.15, 0.2) is 29.3 Å². The number of hydrogen-bond acceptors (Lipinski definition) is 3. The van der Waals surface area contributed by atoms with Gasteiger partial charge in [-0.1, -0.05) is 12.1 Å². The summed E-state index contributed by atoms with van der Waals surface area (Å²) in [6.45, 7) is 8.51. The third kappa shape index (κ3) is 5.75. The van der Waals surface area contributed by atoms with Crippen molar-refractivity contribution in [1.82, 2.24) is 10.2 Å². The molecule has 2 N–H and O–H groups in total. The zero-order chi connectivity index (χ0) is 16.5. The number of hydrogen-bond donors (Lipinski definition) is 2. The summed E-state index contributed by atoms with van der Waals surface area (Å²) in [4.78, 5) is 7.06. The van der Waals surface area contributed by atoms with Crippen LogP contribution in [0.2, 0.25) is 0 Å². The van der Waals surface area contributed by atoms with E-state index < -0.39 is 0 Å². The molecule has 1 aromatic carbocycles. The second-order valence-corrected chi connectivity index (χ2v) is 5.80. The molecule has 128 valence electrons. The standard InChI is InChI=1S/C18H29N3O2/c1-3-19-18(21-12-9-17(10-13-21)23-4-2)20-11-8-15-6-5-7-16(22)14-15/h5-7,14,17,22H,3-4,8-13H2,1-2H3,(H,19,20). The summed E-state index contributed by atoms with van der Waals surface area (Å²) in [5, 5.41) is 12.9. The molecule has 1 aliphatic rings. The molecule has 0 aliphatic carbocycles. The first-order valence-electron chi connectivity index (χ1n) is 8.65. The van der Waals surface area contributed by atoms with Crippen molar-refractivity contribution in [3.8, 4) is 5.75 Å². The number of nitrogens with zero attached hydrogens (tertiary/aromatic N) is 2. The van der Waals surface area contributed by atoms with Gasteiger partial charge in [0.15, 0.2) is 5.96 Å². The van der Waals surface area contributed by atoms with Gasteiger partial charge in [0.2, 0.25) is 0 Å². The Kier molecular flexibility index (Phi) is 7.20. The number of aliphatic imine (C=N–C) groups is 1. The predicted octanol–water partition coefficient (Wildman–Crippen LogP) is 2.40. The fourth-order valence-corrected chi connectivity index (χ4v) is 2.90. The number of rotatable bonds is 6. The summed E-state index contributed by atoms with van der Waals surface area (Å²) in [7, 11) is 0. The summed E-state index contributed by atoms with van der Waals surface area (Å²) in [5.41, 5.74) is 1.11. The van der Waals surface area contributed by atoms with Gasteiger partial charge < -0.3 is 20.1 Å². The van der Waals surface area contributed by atoms with E-state index in [1.165, 1.54) is 0 Å². The molecule has 1 heterocycles. The molecule has 1 fully saturated rings.